The zero-order valence-corrected chi connectivity index (χ0v) is 14.2. The summed E-state index contributed by atoms with van der Waals surface area (Å²) in [7, 11) is 2.15. The van der Waals surface area contributed by atoms with E-state index < -0.39 is 0 Å². The van der Waals surface area contributed by atoms with Crippen LogP contribution >= 0.6 is 23.7 Å². The molecule has 0 saturated heterocycles. The lowest BCUT2D eigenvalue weighted by Crippen LogP contribution is -2.41. The molecular weight excluding hydrogens is 280 g/mol. The highest BCUT2D eigenvalue weighted by Gasteiger charge is 2.14. The molecule has 0 saturated carbocycles. The topological polar surface area (TPSA) is 45.4 Å². The Morgan fingerprint density at radius 3 is 2.21 bits per heavy atom. The van der Waals surface area contributed by atoms with E-state index in [1.165, 1.54) is 4.88 Å². The molecule has 0 fully saturated rings. The number of hydrogen-bond acceptors (Lipinski definition) is 5. The smallest absolute Gasteiger partial charge is 0.180 e. The Bertz CT molecular complexity index is 346. The van der Waals surface area contributed by atoms with Crippen LogP contribution in [-0.4, -0.2) is 47.0 Å². The number of aromatic nitrogens is 1. The van der Waals surface area contributed by atoms with Gasteiger partial charge in [-0.25, -0.2) is 4.98 Å². The summed E-state index contributed by atoms with van der Waals surface area (Å²) in [6.45, 7) is 12.1. The van der Waals surface area contributed by atoms with E-state index in [4.69, 9.17) is 5.73 Å². The Morgan fingerprint density at radius 2 is 1.79 bits per heavy atom. The first-order chi connectivity index (χ1) is 8.40. The van der Waals surface area contributed by atoms with Crippen molar-refractivity contribution >= 4 is 28.9 Å². The van der Waals surface area contributed by atoms with Gasteiger partial charge in [-0.2, -0.15) is 0 Å². The Labute approximate surface area is 127 Å². The average Bonchev–Trinajstić information content (AvgIpc) is 2.62. The second-order valence-electron chi connectivity index (χ2n) is 5.33. The first-order valence-corrected chi connectivity index (χ1v) is 7.36. The van der Waals surface area contributed by atoms with Gasteiger partial charge in [0, 0.05) is 42.8 Å². The van der Waals surface area contributed by atoms with Crippen LogP contribution in [0.15, 0.2) is 6.20 Å². The molecule has 0 unspecified atom stereocenters. The first kappa shape index (κ1) is 18.6. The molecule has 2 N–H and O–H groups in total. The molecule has 1 rings (SSSR count). The van der Waals surface area contributed by atoms with Gasteiger partial charge in [-0.05, 0) is 34.7 Å². The van der Waals surface area contributed by atoms with E-state index in [1.54, 1.807) is 11.3 Å². The molecule has 0 bridgehead atoms. The van der Waals surface area contributed by atoms with Gasteiger partial charge in [0.25, 0.3) is 0 Å². The van der Waals surface area contributed by atoms with Crippen LogP contribution in [0, 0.1) is 0 Å². The number of hydrogen-bond donors (Lipinski definition) is 1. The van der Waals surface area contributed by atoms with Gasteiger partial charge in [-0.15, -0.1) is 23.7 Å². The first-order valence-electron chi connectivity index (χ1n) is 6.54. The van der Waals surface area contributed by atoms with Crippen LogP contribution in [0.3, 0.4) is 0 Å². The van der Waals surface area contributed by atoms with Crippen molar-refractivity contribution in [3.05, 3.63) is 11.1 Å². The van der Waals surface area contributed by atoms with Gasteiger partial charge >= 0.3 is 0 Å². The van der Waals surface area contributed by atoms with Crippen LogP contribution in [0.25, 0.3) is 0 Å². The van der Waals surface area contributed by atoms with E-state index in [0.717, 1.165) is 19.6 Å². The second kappa shape index (κ2) is 8.74. The Hall–Kier alpha value is -0.360. The second-order valence-corrected chi connectivity index (χ2v) is 6.47. The van der Waals surface area contributed by atoms with Gasteiger partial charge < -0.3 is 5.73 Å². The molecule has 4 nitrogen and oxygen atoms in total. The summed E-state index contributed by atoms with van der Waals surface area (Å²) >= 11 is 1.57. The number of likely N-dealkylation sites (N-methyl/N-ethyl adjacent to an activating group) is 1. The van der Waals surface area contributed by atoms with Crippen molar-refractivity contribution in [3.8, 4) is 0 Å². The Balaban J connectivity index is 0.00000324. The quantitative estimate of drug-likeness (QED) is 0.841. The van der Waals surface area contributed by atoms with Crippen LogP contribution in [0.4, 0.5) is 5.13 Å². The molecule has 0 aromatic carbocycles. The zero-order valence-electron chi connectivity index (χ0n) is 12.6. The van der Waals surface area contributed by atoms with Gasteiger partial charge in [-0.3, -0.25) is 9.80 Å². The number of nitrogen functional groups attached to an aromatic ring is 1. The van der Waals surface area contributed by atoms with Crippen molar-refractivity contribution in [2.75, 3.05) is 25.9 Å². The molecule has 0 radical (unpaired) electrons. The molecule has 0 amide bonds. The number of rotatable bonds is 7. The SMILES string of the molecule is CC(C)N(CCN(C)Cc1cnc(N)s1)C(C)C.Cl. The molecule has 1 aromatic heterocycles. The predicted octanol–water partition coefficient (Wildman–Crippen LogP) is 2.70. The molecule has 0 aliphatic rings. The van der Waals surface area contributed by atoms with Gasteiger partial charge in [0.1, 0.15) is 0 Å². The van der Waals surface area contributed by atoms with E-state index in [0.29, 0.717) is 17.2 Å². The predicted molar refractivity (Wildman–Crippen MR) is 87.1 cm³/mol. The van der Waals surface area contributed by atoms with Crippen molar-refractivity contribution in [2.45, 2.75) is 46.3 Å². The molecule has 1 heterocycles. The van der Waals surface area contributed by atoms with E-state index >= 15 is 0 Å². The molecule has 0 aliphatic carbocycles. The number of halogens is 1. The van der Waals surface area contributed by atoms with E-state index in [2.05, 4.69) is 49.5 Å². The van der Waals surface area contributed by atoms with Crippen LogP contribution in [-0.2, 0) is 6.54 Å². The molecule has 6 heteroatoms. The summed E-state index contributed by atoms with van der Waals surface area (Å²) in [6.07, 6.45) is 1.87. The van der Waals surface area contributed by atoms with Crippen LogP contribution in [0.5, 0.6) is 0 Å². The number of thiazole rings is 1. The number of nitrogens with zero attached hydrogens (tertiary/aromatic N) is 3. The third kappa shape index (κ3) is 6.56. The van der Waals surface area contributed by atoms with E-state index in [-0.39, 0.29) is 12.4 Å². The molecular formula is C13H27ClN4S. The van der Waals surface area contributed by atoms with Crippen molar-refractivity contribution in [1.82, 2.24) is 14.8 Å². The molecule has 19 heavy (non-hydrogen) atoms. The van der Waals surface area contributed by atoms with Gasteiger partial charge in [0.05, 0.1) is 0 Å². The molecule has 0 spiro atoms. The summed E-state index contributed by atoms with van der Waals surface area (Å²) in [6, 6.07) is 1.19. The Kier molecular flexibility index (Phi) is 8.57. The summed E-state index contributed by atoms with van der Waals surface area (Å²) < 4.78 is 0. The minimum atomic E-state index is 0. The lowest BCUT2D eigenvalue weighted by molar-refractivity contribution is 0.151. The fraction of sp³-hybridized carbons (Fsp3) is 0.769. The lowest BCUT2D eigenvalue weighted by Gasteiger charge is -2.32. The fourth-order valence-corrected chi connectivity index (χ4v) is 2.90. The summed E-state index contributed by atoms with van der Waals surface area (Å²) in [5, 5.41) is 0.657. The third-order valence-electron chi connectivity index (χ3n) is 3.06. The van der Waals surface area contributed by atoms with Crippen molar-refractivity contribution < 1.29 is 0 Å². The van der Waals surface area contributed by atoms with Gasteiger partial charge in [-0.1, -0.05) is 0 Å². The average molecular weight is 307 g/mol. The highest BCUT2D eigenvalue weighted by molar-refractivity contribution is 7.15. The van der Waals surface area contributed by atoms with E-state index in [1.807, 2.05) is 6.20 Å². The molecule has 112 valence electrons. The summed E-state index contributed by atoms with van der Waals surface area (Å²) in [5.74, 6) is 0. The molecule has 1 aromatic rings. The number of anilines is 1. The van der Waals surface area contributed by atoms with Gasteiger partial charge in [0.15, 0.2) is 5.13 Å². The van der Waals surface area contributed by atoms with Crippen LogP contribution in [0.1, 0.15) is 32.6 Å². The highest BCUT2D eigenvalue weighted by Crippen LogP contribution is 2.16. The largest absolute Gasteiger partial charge is 0.375 e. The number of nitrogens with two attached hydrogens (primary N) is 1. The summed E-state index contributed by atoms with van der Waals surface area (Å²) in [4.78, 5) is 10.1. The molecule has 0 aliphatic heterocycles. The lowest BCUT2D eigenvalue weighted by atomic mass is 10.2. The third-order valence-corrected chi connectivity index (χ3v) is 3.87. The van der Waals surface area contributed by atoms with Gasteiger partial charge in [0.2, 0.25) is 0 Å². The summed E-state index contributed by atoms with van der Waals surface area (Å²) in [5.41, 5.74) is 5.64. The van der Waals surface area contributed by atoms with Crippen LogP contribution < -0.4 is 5.73 Å². The zero-order chi connectivity index (χ0) is 13.7. The highest BCUT2D eigenvalue weighted by atomic mass is 35.5. The van der Waals surface area contributed by atoms with Crippen molar-refractivity contribution in [1.29, 1.82) is 0 Å². The minimum Gasteiger partial charge on any atom is -0.375 e. The monoisotopic (exact) mass is 306 g/mol. The molecule has 0 atom stereocenters. The maximum atomic E-state index is 5.64. The van der Waals surface area contributed by atoms with Crippen LogP contribution in [0.2, 0.25) is 0 Å². The maximum absolute atomic E-state index is 5.64. The van der Waals surface area contributed by atoms with Crippen molar-refractivity contribution in [2.24, 2.45) is 0 Å². The van der Waals surface area contributed by atoms with E-state index in [9.17, 15) is 0 Å². The maximum Gasteiger partial charge on any atom is 0.180 e. The Morgan fingerprint density at radius 1 is 1.21 bits per heavy atom. The minimum absolute atomic E-state index is 0. The fourth-order valence-electron chi connectivity index (χ4n) is 2.14. The standard InChI is InChI=1S/C13H26N4S.ClH/c1-10(2)17(11(3)4)7-6-16(5)9-12-8-15-13(14)18-12;/h8,10-11H,6-7,9H2,1-5H3,(H2,14,15);1H. The van der Waals surface area contributed by atoms with Crippen molar-refractivity contribution in [3.63, 3.8) is 0 Å². The normalized spacial score (nSPS) is 11.6.